The van der Waals surface area contributed by atoms with Crippen LogP contribution in [-0.4, -0.2) is 73.1 Å². The Hall–Kier alpha value is -2.61. The number of nitrogens with zero attached hydrogens (tertiary/aromatic N) is 2. The molecule has 0 aliphatic carbocycles. The van der Waals surface area contributed by atoms with Crippen molar-refractivity contribution in [3.63, 3.8) is 0 Å². The van der Waals surface area contributed by atoms with Gasteiger partial charge in [0.15, 0.2) is 0 Å². The van der Waals surface area contributed by atoms with Gasteiger partial charge >= 0.3 is 5.97 Å². The predicted molar refractivity (Wildman–Crippen MR) is 101 cm³/mol. The number of anilines is 1. The summed E-state index contributed by atoms with van der Waals surface area (Å²) in [5.41, 5.74) is 2.65. The van der Waals surface area contributed by atoms with Gasteiger partial charge in [-0.2, -0.15) is 0 Å². The number of carboxylic acids is 1. The van der Waals surface area contributed by atoms with Gasteiger partial charge in [-0.3, -0.25) is 9.59 Å². The summed E-state index contributed by atoms with van der Waals surface area (Å²) in [5, 5.41) is 14.8. The van der Waals surface area contributed by atoms with E-state index in [1.165, 1.54) is 4.90 Å². The van der Waals surface area contributed by atoms with Gasteiger partial charge < -0.3 is 25.5 Å². The smallest absolute Gasteiger partial charge is 0.326 e. The number of rotatable bonds is 6. The van der Waals surface area contributed by atoms with Crippen LogP contribution in [0.2, 0.25) is 0 Å². The molecule has 146 valence electrons. The average Bonchev–Trinajstić information content (AvgIpc) is 2.68. The number of piperazine rings is 1. The van der Waals surface area contributed by atoms with Crippen LogP contribution in [0.25, 0.3) is 0 Å². The number of fused-ring (bicyclic) bond motifs is 1. The summed E-state index contributed by atoms with van der Waals surface area (Å²) in [5.74, 6) is -1.69. The molecule has 1 aromatic carbocycles. The van der Waals surface area contributed by atoms with Crippen molar-refractivity contribution in [2.45, 2.75) is 25.8 Å². The summed E-state index contributed by atoms with van der Waals surface area (Å²) in [6.07, 6.45) is 0.984. The van der Waals surface area contributed by atoms with Crippen molar-refractivity contribution in [1.29, 1.82) is 0 Å². The lowest BCUT2D eigenvalue weighted by atomic mass is 9.97. The minimum absolute atomic E-state index is 0.125. The van der Waals surface area contributed by atoms with Crippen LogP contribution < -0.4 is 15.5 Å². The molecule has 0 bridgehead atoms. The van der Waals surface area contributed by atoms with Crippen molar-refractivity contribution in [2.24, 2.45) is 0 Å². The number of hydrogen-bond donors (Lipinski definition) is 3. The van der Waals surface area contributed by atoms with Crippen LogP contribution in [0.5, 0.6) is 0 Å². The molecule has 2 amide bonds. The Morgan fingerprint density at radius 3 is 2.67 bits per heavy atom. The highest BCUT2D eigenvalue weighted by molar-refractivity contribution is 5.99. The summed E-state index contributed by atoms with van der Waals surface area (Å²) >= 11 is 0. The maximum atomic E-state index is 12.9. The molecule has 0 aromatic heterocycles. The fraction of sp³-hybridized carbons (Fsp3) is 0.526. The SMILES string of the molecule is CCC(NC(=O)CN1CCc2ccc(N3CCNCC3)cc2C1=O)C(=O)O. The molecular formula is C19H26N4O4. The van der Waals surface area contributed by atoms with Gasteiger partial charge in [0, 0.05) is 44.0 Å². The molecular weight excluding hydrogens is 348 g/mol. The molecule has 2 aliphatic heterocycles. The van der Waals surface area contributed by atoms with Crippen molar-refractivity contribution in [3.8, 4) is 0 Å². The van der Waals surface area contributed by atoms with Gasteiger partial charge in [-0.05, 0) is 30.5 Å². The van der Waals surface area contributed by atoms with Crippen molar-refractivity contribution in [2.75, 3.05) is 44.2 Å². The fourth-order valence-corrected chi connectivity index (χ4v) is 3.53. The van der Waals surface area contributed by atoms with Gasteiger partial charge in [0.2, 0.25) is 5.91 Å². The van der Waals surface area contributed by atoms with Crippen LogP contribution >= 0.6 is 0 Å². The molecule has 3 N–H and O–H groups in total. The standard InChI is InChI=1S/C19H26N4O4/c1-2-16(19(26)27)21-17(24)12-23-8-5-13-3-4-14(11-15(13)18(23)25)22-9-6-20-7-10-22/h3-4,11,16,20H,2,5-10,12H2,1H3,(H,21,24)(H,26,27). The number of nitrogens with one attached hydrogen (secondary N) is 2. The Balaban J connectivity index is 1.69. The van der Waals surface area contributed by atoms with Crippen LogP contribution in [0.4, 0.5) is 5.69 Å². The first-order valence-electron chi connectivity index (χ1n) is 9.39. The number of carbonyl (C=O) groups is 3. The number of carbonyl (C=O) groups excluding carboxylic acids is 2. The third kappa shape index (κ3) is 4.39. The quantitative estimate of drug-likeness (QED) is 0.652. The minimum Gasteiger partial charge on any atom is -0.480 e. The molecule has 1 unspecified atom stereocenters. The van der Waals surface area contributed by atoms with Gasteiger partial charge in [0.25, 0.3) is 5.91 Å². The summed E-state index contributed by atoms with van der Waals surface area (Å²) in [6.45, 7) is 5.65. The monoisotopic (exact) mass is 374 g/mol. The lowest BCUT2D eigenvalue weighted by Crippen LogP contribution is -2.48. The van der Waals surface area contributed by atoms with Crippen LogP contribution in [0, 0.1) is 0 Å². The van der Waals surface area contributed by atoms with E-state index in [1.807, 2.05) is 12.1 Å². The van der Waals surface area contributed by atoms with E-state index in [9.17, 15) is 14.4 Å². The fourth-order valence-electron chi connectivity index (χ4n) is 3.53. The Bertz CT molecular complexity index is 730. The van der Waals surface area contributed by atoms with Crippen molar-refractivity contribution in [1.82, 2.24) is 15.5 Å². The van der Waals surface area contributed by atoms with E-state index >= 15 is 0 Å². The van der Waals surface area contributed by atoms with E-state index in [4.69, 9.17) is 5.11 Å². The molecule has 1 atom stereocenters. The maximum Gasteiger partial charge on any atom is 0.326 e. The lowest BCUT2D eigenvalue weighted by molar-refractivity contribution is -0.142. The van der Waals surface area contributed by atoms with Crippen LogP contribution in [0.15, 0.2) is 18.2 Å². The van der Waals surface area contributed by atoms with Crippen molar-refractivity contribution >= 4 is 23.5 Å². The van der Waals surface area contributed by atoms with Crippen LogP contribution in [-0.2, 0) is 16.0 Å². The molecule has 3 rings (SSSR count). The summed E-state index contributed by atoms with van der Waals surface area (Å²) < 4.78 is 0. The zero-order chi connectivity index (χ0) is 19.4. The normalized spacial score (nSPS) is 18.0. The van der Waals surface area contributed by atoms with E-state index in [0.29, 0.717) is 24.9 Å². The topological polar surface area (TPSA) is 102 Å². The van der Waals surface area contributed by atoms with E-state index in [-0.39, 0.29) is 12.5 Å². The third-order valence-electron chi connectivity index (χ3n) is 5.12. The highest BCUT2D eigenvalue weighted by Crippen LogP contribution is 2.25. The second kappa shape index (κ2) is 8.39. The zero-order valence-electron chi connectivity index (χ0n) is 15.5. The van der Waals surface area contributed by atoms with E-state index in [0.717, 1.165) is 37.4 Å². The Morgan fingerprint density at radius 1 is 1.26 bits per heavy atom. The molecule has 8 heteroatoms. The number of amides is 2. The Kier molecular flexibility index (Phi) is 5.95. The third-order valence-corrected chi connectivity index (χ3v) is 5.12. The number of carboxylic acid groups (broad SMARTS) is 1. The molecule has 27 heavy (non-hydrogen) atoms. The van der Waals surface area contributed by atoms with Crippen molar-refractivity contribution < 1.29 is 19.5 Å². The predicted octanol–water partition coefficient (Wildman–Crippen LogP) is 0.0739. The molecule has 1 fully saturated rings. The van der Waals surface area contributed by atoms with Crippen LogP contribution in [0.1, 0.15) is 29.3 Å². The number of hydrogen-bond acceptors (Lipinski definition) is 5. The largest absolute Gasteiger partial charge is 0.480 e. The summed E-state index contributed by atoms with van der Waals surface area (Å²) in [4.78, 5) is 39.9. The van der Waals surface area contributed by atoms with E-state index < -0.39 is 17.9 Å². The number of benzene rings is 1. The molecule has 2 heterocycles. The average molecular weight is 374 g/mol. The van der Waals surface area contributed by atoms with Crippen LogP contribution in [0.3, 0.4) is 0 Å². The summed E-state index contributed by atoms with van der Waals surface area (Å²) in [6, 6.07) is 5.04. The molecule has 0 spiro atoms. The minimum atomic E-state index is -1.07. The number of aliphatic carboxylic acids is 1. The first-order chi connectivity index (χ1) is 13.0. The second-order valence-corrected chi connectivity index (χ2v) is 6.92. The lowest BCUT2D eigenvalue weighted by Gasteiger charge is -2.32. The van der Waals surface area contributed by atoms with Crippen molar-refractivity contribution in [3.05, 3.63) is 29.3 Å². The van der Waals surface area contributed by atoms with Gasteiger partial charge in [-0.1, -0.05) is 13.0 Å². The molecule has 8 nitrogen and oxygen atoms in total. The molecule has 0 radical (unpaired) electrons. The van der Waals surface area contributed by atoms with Gasteiger partial charge in [-0.25, -0.2) is 4.79 Å². The first-order valence-corrected chi connectivity index (χ1v) is 9.39. The molecule has 1 saturated heterocycles. The second-order valence-electron chi connectivity index (χ2n) is 6.92. The van der Waals surface area contributed by atoms with Gasteiger partial charge in [0.1, 0.15) is 6.04 Å². The van der Waals surface area contributed by atoms with E-state index in [2.05, 4.69) is 21.6 Å². The first kappa shape index (κ1) is 19.2. The summed E-state index contributed by atoms with van der Waals surface area (Å²) in [7, 11) is 0. The highest BCUT2D eigenvalue weighted by Gasteiger charge is 2.28. The zero-order valence-corrected chi connectivity index (χ0v) is 15.5. The Labute approximate surface area is 158 Å². The molecule has 2 aliphatic rings. The van der Waals surface area contributed by atoms with E-state index in [1.54, 1.807) is 6.92 Å². The molecule has 1 aromatic rings. The Morgan fingerprint density at radius 2 is 2.00 bits per heavy atom. The highest BCUT2D eigenvalue weighted by atomic mass is 16.4. The van der Waals surface area contributed by atoms with Gasteiger partial charge in [-0.15, -0.1) is 0 Å². The molecule has 0 saturated carbocycles. The maximum absolute atomic E-state index is 12.9. The van der Waals surface area contributed by atoms with Gasteiger partial charge in [0.05, 0.1) is 6.54 Å².